The zero-order valence-electron chi connectivity index (χ0n) is 13.2. The van der Waals surface area contributed by atoms with Crippen LogP contribution in [0.2, 0.25) is 0 Å². The predicted octanol–water partition coefficient (Wildman–Crippen LogP) is 2.68. The number of likely N-dealkylation sites (tertiary alicyclic amines) is 1. The number of hydrogen-bond donors (Lipinski definition) is 1. The third-order valence-electron chi connectivity index (χ3n) is 3.60. The van der Waals surface area contributed by atoms with Crippen molar-refractivity contribution in [1.29, 1.82) is 0 Å². The number of rotatable bonds is 2. The first kappa shape index (κ1) is 15.8. The van der Waals surface area contributed by atoms with E-state index in [4.69, 9.17) is 4.74 Å². The summed E-state index contributed by atoms with van der Waals surface area (Å²) in [5.74, 6) is 0.0297. The van der Waals surface area contributed by atoms with Crippen LogP contribution in [0.5, 0.6) is 0 Å². The molecule has 0 bridgehead atoms. The normalized spacial score (nSPS) is 20.4. The highest BCUT2D eigenvalue weighted by molar-refractivity contribution is 5.68. The average Bonchev–Trinajstić information content (AvgIpc) is 2.86. The zero-order valence-corrected chi connectivity index (χ0v) is 13.2. The molecule has 5 nitrogen and oxygen atoms in total. The number of aryl methyl sites for hydroxylation is 1. The highest BCUT2D eigenvalue weighted by atomic mass is 16.6. The molecule has 0 radical (unpaired) electrons. The summed E-state index contributed by atoms with van der Waals surface area (Å²) in [7, 11) is 0. The molecule has 2 rings (SSSR count). The maximum absolute atomic E-state index is 12.0. The van der Waals surface area contributed by atoms with Crippen LogP contribution < -0.4 is 0 Å². The van der Waals surface area contributed by atoms with Gasteiger partial charge in [0.1, 0.15) is 5.60 Å². The lowest BCUT2D eigenvalue weighted by atomic mass is 9.96. The number of aliphatic hydroxyl groups excluding tert-OH is 1. The fourth-order valence-electron chi connectivity index (χ4n) is 2.46. The Morgan fingerprint density at radius 3 is 2.76 bits per heavy atom. The summed E-state index contributed by atoms with van der Waals surface area (Å²) in [6.45, 7) is 8.61. The lowest BCUT2D eigenvalue weighted by Crippen LogP contribution is -2.35. The van der Waals surface area contributed by atoms with Gasteiger partial charge in [0.05, 0.1) is 6.10 Å². The van der Waals surface area contributed by atoms with Crippen LogP contribution in [0.3, 0.4) is 0 Å². The smallest absolute Gasteiger partial charge is 0.410 e. The van der Waals surface area contributed by atoms with Gasteiger partial charge in [-0.2, -0.15) is 0 Å². The molecular weight excluding hydrogens is 268 g/mol. The van der Waals surface area contributed by atoms with Crippen molar-refractivity contribution in [2.75, 3.05) is 13.1 Å². The van der Waals surface area contributed by atoms with Gasteiger partial charge in [-0.25, -0.2) is 4.79 Å². The Balaban J connectivity index is 1.95. The van der Waals surface area contributed by atoms with Crippen molar-refractivity contribution in [1.82, 2.24) is 9.88 Å². The molecule has 2 heterocycles. The molecule has 1 aliphatic heterocycles. The van der Waals surface area contributed by atoms with E-state index in [1.165, 1.54) is 0 Å². The Hall–Kier alpha value is -1.62. The lowest BCUT2D eigenvalue weighted by Gasteiger charge is -2.25. The van der Waals surface area contributed by atoms with Crippen molar-refractivity contribution < 1.29 is 14.6 Å². The van der Waals surface area contributed by atoms with Crippen molar-refractivity contribution in [3.8, 4) is 0 Å². The lowest BCUT2D eigenvalue weighted by molar-refractivity contribution is 0.0268. The highest BCUT2D eigenvalue weighted by Crippen LogP contribution is 2.30. The van der Waals surface area contributed by atoms with Crippen LogP contribution in [0.15, 0.2) is 18.3 Å². The number of carbonyl (C=O) groups excluding carboxylic acids is 1. The number of aromatic nitrogens is 1. The van der Waals surface area contributed by atoms with Gasteiger partial charge in [0, 0.05) is 30.9 Å². The highest BCUT2D eigenvalue weighted by Gasteiger charge is 2.33. The number of aliphatic hydroxyl groups is 1. The Labute approximate surface area is 125 Å². The molecule has 0 aliphatic carbocycles. The predicted molar refractivity (Wildman–Crippen MR) is 79.8 cm³/mol. The molecule has 2 unspecified atom stereocenters. The molecule has 1 amide bonds. The maximum Gasteiger partial charge on any atom is 0.410 e. The summed E-state index contributed by atoms with van der Waals surface area (Å²) < 4.78 is 5.36. The number of ether oxygens (including phenoxy) is 1. The molecule has 1 aliphatic rings. The second kappa shape index (κ2) is 6.02. The Morgan fingerprint density at radius 2 is 2.19 bits per heavy atom. The molecule has 1 aromatic heterocycles. The van der Waals surface area contributed by atoms with Crippen molar-refractivity contribution in [2.45, 2.75) is 45.8 Å². The summed E-state index contributed by atoms with van der Waals surface area (Å²) in [6.07, 6.45) is 1.58. The first-order valence-corrected chi connectivity index (χ1v) is 7.35. The van der Waals surface area contributed by atoms with Crippen LogP contribution in [-0.4, -0.2) is 39.8 Å². The van der Waals surface area contributed by atoms with Gasteiger partial charge in [-0.3, -0.25) is 4.98 Å². The van der Waals surface area contributed by atoms with E-state index in [-0.39, 0.29) is 12.0 Å². The molecule has 1 saturated heterocycles. The molecule has 0 saturated carbocycles. The van der Waals surface area contributed by atoms with Gasteiger partial charge in [0.2, 0.25) is 0 Å². The minimum atomic E-state index is -0.592. The SMILES string of the molecule is Cc1ccc(C(O)C2CCN(C(=O)OC(C)(C)C)C2)cn1. The number of pyridine rings is 1. The second-order valence-electron chi connectivity index (χ2n) is 6.65. The van der Waals surface area contributed by atoms with Gasteiger partial charge in [0.25, 0.3) is 0 Å². The van der Waals surface area contributed by atoms with Crippen molar-refractivity contribution in [2.24, 2.45) is 5.92 Å². The molecular formula is C16H24N2O3. The third kappa shape index (κ3) is 4.17. The quantitative estimate of drug-likeness (QED) is 0.910. The van der Waals surface area contributed by atoms with Crippen LogP contribution in [0.25, 0.3) is 0 Å². The largest absolute Gasteiger partial charge is 0.444 e. The standard InChI is InChI=1S/C16H24N2O3/c1-11-5-6-12(9-17-11)14(19)13-7-8-18(10-13)15(20)21-16(2,3)4/h5-6,9,13-14,19H,7-8,10H2,1-4H3. The van der Waals surface area contributed by atoms with Crippen LogP contribution in [0.4, 0.5) is 4.79 Å². The number of amides is 1. The molecule has 21 heavy (non-hydrogen) atoms. The topological polar surface area (TPSA) is 62.7 Å². The van der Waals surface area contributed by atoms with Gasteiger partial charge in [-0.05, 0) is 45.7 Å². The molecule has 1 fully saturated rings. The van der Waals surface area contributed by atoms with E-state index in [1.807, 2.05) is 39.8 Å². The van der Waals surface area contributed by atoms with E-state index in [9.17, 15) is 9.90 Å². The van der Waals surface area contributed by atoms with E-state index in [0.717, 1.165) is 17.7 Å². The Bertz CT molecular complexity index is 493. The van der Waals surface area contributed by atoms with Crippen LogP contribution >= 0.6 is 0 Å². The molecule has 0 aromatic carbocycles. The van der Waals surface area contributed by atoms with Crippen LogP contribution in [0.1, 0.15) is 44.6 Å². The van der Waals surface area contributed by atoms with Gasteiger partial charge in [-0.15, -0.1) is 0 Å². The minimum absolute atomic E-state index is 0.0297. The molecule has 1 aromatic rings. The van der Waals surface area contributed by atoms with Crippen molar-refractivity contribution in [3.05, 3.63) is 29.6 Å². The minimum Gasteiger partial charge on any atom is -0.444 e. The first-order chi connectivity index (χ1) is 9.76. The molecule has 116 valence electrons. The van der Waals surface area contributed by atoms with Crippen LogP contribution in [0, 0.1) is 12.8 Å². The molecule has 1 N–H and O–H groups in total. The zero-order chi connectivity index (χ0) is 15.6. The first-order valence-electron chi connectivity index (χ1n) is 7.35. The van der Waals surface area contributed by atoms with E-state index < -0.39 is 11.7 Å². The van der Waals surface area contributed by atoms with Gasteiger partial charge < -0.3 is 14.7 Å². The van der Waals surface area contributed by atoms with Crippen molar-refractivity contribution >= 4 is 6.09 Å². The molecule has 2 atom stereocenters. The van der Waals surface area contributed by atoms with E-state index in [0.29, 0.717) is 13.1 Å². The van der Waals surface area contributed by atoms with Crippen LogP contribution in [-0.2, 0) is 4.74 Å². The van der Waals surface area contributed by atoms with E-state index in [2.05, 4.69) is 4.98 Å². The Morgan fingerprint density at radius 1 is 1.48 bits per heavy atom. The van der Waals surface area contributed by atoms with Gasteiger partial charge >= 0.3 is 6.09 Å². The fraction of sp³-hybridized carbons (Fsp3) is 0.625. The summed E-state index contributed by atoms with van der Waals surface area (Å²) >= 11 is 0. The summed E-state index contributed by atoms with van der Waals surface area (Å²) in [4.78, 5) is 17.9. The summed E-state index contributed by atoms with van der Waals surface area (Å²) in [5, 5.41) is 10.4. The summed E-state index contributed by atoms with van der Waals surface area (Å²) in [5.41, 5.74) is 1.23. The second-order valence-corrected chi connectivity index (χ2v) is 6.65. The molecule has 0 spiro atoms. The van der Waals surface area contributed by atoms with Gasteiger partial charge in [-0.1, -0.05) is 6.07 Å². The van der Waals surface area contributed by atoms with Gasteiger partial charge in [0.15, 0.2) is 0 Å². The number of hydrogen-bond acceptors (Lipinski definition) is 4. The number of nitrogens with zero attached hydrogens (tertiary/aromatic N) is 2. The maximum atomic E-state index is 12.0. The molecule has 5 heteroatoms. The monoisotopic (exact) mass is 292 g/mol. The average molecular weight is 292 g/mol. The fourth-order valence-corrected chi connectivity index (χ4v) is 2.46. The van der Waals surface area contributed by atoms with Crippen molar-refractivity contribution in [3.63, 3.8) is 0 Å². The summed E-state index contributed by atoms with van der Waals surface area (Å²) in [6, 6.07) is 3.78. The Kier molecular flexibility index (Phi) is 4.52. The third-order valence-corrected chi connectivity index (χ3v) is 3.60. The number of carbonyl (C=O) groups is 1. The van der Waals surface area contributed by atoms with E-state index >= 15 is 0 Å². The van der Waals surface area contributed by atoms with E-state index in [1.54, 1.807) is 11.1 Å².